The van der Waals surface area contributed by atoms with Crippen molar-refractivity contribution < 1.29 is 9.90 Å². The number of nitrogens with zero attached hydrogens (tertiary/aromatic N) is 1. The van der Waals surface area contributed by atoms with E-state index >= 15 is 0 Å². The van der Waals surface area contributed by atoms with Crippen LogP contribution >= 0.6 is 11.8 Å². The Morgan fingerprint density at radius 2 is 1.86 bits per heavy atom. The highest BCUT2D eigenvalue weighted by molar-refractivity contribution is 7.98. The summed E-state index contributed by atoms with van der Waals surface area (Å²) in [6, 6.07) is 17.9. The van der Waals surface area contributed by atoms with Crippen molar-refractivity contribution in [3.63, 3.8) is 0 Å². The first-order valence-corrected chi connectivity index (χ1v) is 7.51. The van der Waals surface area contributed by atoms with Gasteiger partial charge in [0.05, 0.1) is 10.6 Å². The van der Waals surface area contributed by atoms with E-state index in [-0.39, 0.29) is 5.56 Å². The summed E-state index contributed by atoms with van der Waals surface area (Å²) in [7, 11) is 0. The highest BCUT2D eigenvalue weighted by Gasteiger charge is 2.05. The molecule has 3 rings (SSSR count). The lowest BCUT2D eigenvalue weighted by Gasteiger charge is -2.06. The molecule has 1 N–H and O–H groups in total. The average Bonchev–Trinajstić information content (AvgIpc) is 2.53. The van der Waals surface area contributed by atoms with Crippen LogP contribution in [0.5, 0.6) is 0 Å². The summed E-state index contributed by atoms with van der Waals surface area (Å²) >= 11 is 1.60. The van der Waals surface area contributed by atoms with E-state index in [4.69, 9.17) is 5.11 Å². The zero-order valence-electron chi connectivity index (χ0n) is 11.2. The summed E-state index contributed by atoms with van der Waals surface area (Å²) in [4.78, 5) is 15.0. The maximum Gasteiger partial charge on any atom is 0.337 e. The fourth-order valence-electron chi connectivity index (χ4n) is 2.16. The number of aromatic carboxylic acids is 1. The predicted octanol–water partition coefficient (Wildman–Crippen LogP) is 4.23. The Hall–Kier alpha value is -2.33. The SMILES string of the molecule is O=C(O)c1ccc(SCc2cccc3ccccc23)nc1. The van der Waals surface area contributed by atoms with Crippen LogP contribution in [0.25, 0.3) is 10.8 Å². The van der Waals surface area contributed by atoms with Crippen LogP contribution in [0.1, 0.15) is 15.9 Å². The van der Waals surface area contributed by atoms with Crippen LogP contribution < -0.4 is 0 Å². The minimum absolute atomic E-state index is 0.213. The summed E-state index contributed by atoms with van der Waals surface area (Å²) in [5.41, 5.74) is 1.46. The fraction of sp³-hybridized carbons (Fsp3) is 0.0588. The van der Waals surface area contributed by atoms with Crippen molar-refractivity contribution in [1.82, 2.24) is 4.98 Å². The van der Waals surface area contributed by atoms with Gasteiger partial charge in [-0.3, -0.25) is 0 Å². The number of aromatic nitrogens is 1. The van der Waals surface area contributed by atoms with Gasteiger partial charge in [-0.15, -0.1) is 11.8 Å². The molecule has 1 heterocycles. The number of carboxylic acid groups (broad SMARTS) is 1. The lowest BCUT2D eigenvalue weighted by molar-refractivity contribution is 0.0696. The van der Waals surface area contributed by atoms with E-state index in [0.29, 0.717) is 0 Å². The molecule has 104 valence electrons. The molecule has 0 radical (unpaired) electrons. The zero-order chi connectivity index (χ0) is 14.7. The molecule has 2 aromatic carbocycles. The number of hydrogen-bond acceptors (Lipinski definition) is 3. The van der Waals surface area contributed by atoms with E-state index in [1.807, 2.05) is 12.1 Å². The molecule has 0 saturated heterocycles. The maximum atomic E-state index is 10.8. The average molecular weight is 295 g/mol. The topological polar surface area (TPSA) is 50.2 Å². The van der Waals surface area contributed by atoms with Crippen molar-refractivity contribution in [3.8, 4) is 0 Å². The first-order valence-electron chi connectivity index (χ1n) is 6.53. The summed E-state index contributed by atoms with van der Waals surface area (Å²) in [6.45, 7) is 0. The number of pyridine rings is 1. The third-order valence-corrected chi connectivity index (χ3v) is 4.23. The molecule has 3 nitrogen and oxygen atoms in total. The summed E-state index contributed by atoms with van der Waals surface area (Å²) in [5, 5.41) is 12.2. The van der Waals surface area contributed by atoms with Crippen LogP contribution in [0.4, 0.5) is 0 Å². The normalized spacial score (nSPS) is 10.7. The fourth-order valence-corrected chi connectivity index (χ4v) is 3.01. The molecule has 0 aliphatic heterocycles. The molecule has 0 saturated carbocycles. The van der Waals surface area contributed by atoms with Crippen LogP contribution in [0.2, 0.25) is 0 Å². The van der Waals surface area contributed by atoms with Gasteiger partial charge in [-0.1, -0.05) is 42.5 Å². The number of hydrogen-bond donors (Lipinski definition) is 1. The molecular formula is C17H13NO2S. The molecule has 0 atom stereocenters. The summed E-state index contributed by atoms with van der Waals surface area (Å²) in [5.74, 6) is -0.145. The van der Waals surface area contributed by atoms with Crippen molar-refractivity contribution in [2.24, 2.45) is 0 Å². The van der Waals surface area contributed by atoms with Gasteiger partial charge in [-0.05, 0) is 28.5 Å². The molecule has 1 aromatic heterocycles. The van der Waals surface area contributed by atoms with Gasteiger partial charge in [0.1, 0.15) is 0 Å². The predicted molar refractivity (Wildman–Crippen MR) is 84.7 cm³/mol. The van der Waals surface area contributed by atoms with Crippen LogP contribution in [0, 0.1) is 0 Å². The number of fused-ring (bicyclic) bond motifs is 1. The van der Waals surface area contributed by atoms with Crippen LogP contribution in [-0.2, 0) is 5.75 Å². The zero-order valence-corrected chi connectivity index (χ0v) is 12.0. The smallest absolute Gasteiger partial charge is 0.337 e. The van der Waals surface area contributed by atoms with Crippen molar-refractivity contribution in [2.75, 3.05) is 0 Å². The molecular weight excluding hydrogens is 282 g/mol. The third kappa shape index (κ3) is 3.06. The minimum Gasteiger partial charge on any atom is -0.478 e. The van der Waals surface area contributed by atoms with E-state index in [2.05, 4.69) is 35.3 Å². The molecule has 0 aliphatic rings. The Kier molecular flexibility index (Phi) is 3.88. The highest BCUT2D eigenvalue weighted by atomic mass is 32.2. The minimum atomic E-state index is -0.951. The van der Waals surface area contributed by atoms with E-state index in [1.165, 1.54) is 22.5 Å². The van der Waals surface area contributed by atoms with Gasteiger partial charge in [0.15, 0.2) is 0 Å². The number of thioether (sulfide) groups is 1. The molecule has 0 spiro atoms. The second kappa shape index (κ2) is 5.97. The molecule has 4 heteroatoms. The first-order chi connectivity index (χ1) is 10.2. The number of carbonyl (C=O) groups is 1. The van der Waals surface area contributed by atoms with Crippen molar-refractivity contribution in [1.29, 1.82) is 0 Å². The van der Waals surface area contributed by atoms with Gasteiger partial charge in [0.25, 0.3) is 0 Å². The standard InChI is InChI=1S/C17H13NO2S/c19-17(20)13-8-9-16(18-10-13)21-11-14-6-3-5-12-4-1-2-7-15(12)14/h1-10H,11H2,(H,19,20). The van der Waals surface area contributed by atoms with Gasteiger partial charge in [0, 0.05) is 11.9 Å². The van der Waals surface area contributed by atoms with Crippen LogP contribution in [-0.4, -0.2) is 16.1 Å². The maximum absolute atomic E-state index is 10.8. The Bertz CT molecular complexity index is 779. The van der Waals surface area contributed by atoms with Gasteiger partial charge in [-0.2, -0.15) is 0 Å². The molecule has 0 fully saturated rings. The molecule has 3 aromatic rings. The quantitative estimate of drug-likeness (QED) is 0.732. The van der Waals surface area contributed by atoms with E-state index in [9.17, 15) is 4.79 Å². The summed E-state index contributed by atoms with van der Waals surface area (Å²) < 4.78 is 0. The van der Waals surface area contributed by atoms with Crippen molar-refractivity contribution >= 4 is 28.5 Å². The Morgan fingerprint density at radius 3 is 2.62 bits per heavy atom. The first kappa shape index (κ1) is 13.6. The number of carboxylic acids is 1. The van der Waals surface area contributed by atoms with Crippen LogP contribution in [0.15, 0.2) is 65.8 Å². The lowest BCUT2D eigenvalue weighted by atomic mass is 10.1. The molecule has 0 aliphatic carbocycles. The van der Waals surface area contributed by atoms with E-state index in [0.717, 1.165) is 10.8 Å². The van der Waals surface area contributed by atoms with Crippen molar-refractivity contribution in [3.05, 3.63) is 71.9 Å². The monoisotopic (exact) mass is 295 g/mol. The second-order valence-electron chi connectivity index (χ2n) is 4.62. The van der Waals surface area contributed by atoms with Gasteiger partial charge in [0.2, 0.25) is 0 Å². The Balaban J connectivity index is 1.79. The Morgan fingerprint density at radius 1 is 1.05 bits per heavy atom. The van der Waals surface area contributed by atoms with Crippen molar-refractivity contribution in [2.45, 2.75) is 10.8 Å². The lowest BCUT2D eigenvalue weighted by Crippen LogP contribution is -1.96. The Labute approximate surface area is 126 Å². The highest BCUT2D eigenvalue weighted by Crippen LogP contribution is 2.26. The van der Waals surface area contributed by atoms with E-state index < -0.39 is 5.97 Å². The number of benzene rings is 2. The number of rotatable bonds is 4. The summed E-state index contributed by atoms with van der Waals surface area (Å²) in [6.07, 6.45) is 1.40. The largest absolute Gasteiger partial charge is 0.478 e. The third-order valence-electron chi connectivity index (χ3n) is 3.24. The van der Waals surface area contributed by atoms with Gasteiger partial charge >= 0.3 is 5.97 Å². The molecule has 0 amide bonds. The molecule has 21 heavy (non-hydrogen) atoms. The van der Waals surface area contributed by atoms with E-state index in [1.54, 1.807) is 23.9 Å². The molecule has 0 bridgehead atoms. The molecule has 0 unspecified atom stereocenters. The van der Waals surface area contributed by atoms with Gasteiger partial charge < -0.3 is 5.11 Å². The van der Waals surface area contributed by atoms with Gasteiger partial charge in [-0.25, -0.2) is 9.78 Å². The second-order valence-corrected chi connectivity index (χ2v) is 5.61. The van der Waals surface area contributed by atoms with Crippen LogP contribution in [0.3, 0.4) is 0 Å².